The standard InChI is InChI=1S/C26H27N3O2/c1-16(2)17-9-11-19(12-10-17)29-25-21(15-27)26(3,4)14-22(30)23(25)24(28-29)18-7-6-8-20(13-18)31-5/h6-13,16,21H,14H2,1-5H3. The minimum atomic E-state index is -0.472. The van der Waals surface area contributed by atoms with E-state index in [1.54, 1.807) is 11.8 Å². The zero-order valence-corrected chi connectivity index (χ0v) is 18.6. The molecule has 5 nitrogen and oxygen atoms in total. The number of carbonyl (C=O) groups is 1. The van der Waals surface area contributed by atoms with Crippen molar-refractivity contribution in [3.8, 4) is 28.8 Å². The summed E-state index contributed by atoms with van der Waals surface area (Å²) in [4.78, 5) is 13.3. The highest BCUT2D eigenvalue weighted by atomic mass is 16.5. The summed E-state index contributed by atoms with van der Waals surface area (Å²) in [6.45, 7) is 8.26. The van der Waals surface area contributed by atoms with Crippen LogP contribution in [-0.2, 0) is 0 Å². The number of methoxy groups -OCH3 is 1. The Hall–Kier alpha value is -3.39. The normalized spacial score (nSPS) is 17.3. The van der Waals surface area contributed by atoms with Gasteiger partial charge in [-0.25, -0.2) is 4.68 Å². The fourth-order valence-corrected chi connectivity index (χ4v) is 4.35. The first-order valence-corrected chi connectivity index (χ1v) is 10.6. The Balaban J connectivity index is 1.99. The van der Waals surface area contributed by atoms with Crippen molar-refractivity contribution in [2.24, 2.45) is 5.41 Å². The van der Waals surface area contributed by atoms with Gasteiger partial charge in [-0.1, -0.05) is 52.0 Å². The zero-order chi connectivity index (χ0) is 22.3. The third kappa shape index (κ3) is 3.53. The van der Waals surface area contributed by atoms with Gasteiger partial charge in [0.1, 0.15) is 11.4 Å². The molecule has 0 saturated carbocycles. The van der Waals surface area contributed by atoms with Gasteiger partial charge in [0.15, 0.2) is 5.78 Å². The summed E-state index contributed by atoms with van der Waals surface area (Å²) >= 11 is 0. The maximum Gasteiger partial charge on any atom is 0.167 e. The fraction of sp³-hybridized carbons (Fsp3) is 0.346. The van der Waals surface area contributed by atoms with Crippen LogP contribution in [0.15, 0.2) is 48.5 Å². The van der Waals surface area contributed by atoms with E-state index in [2.05, 4.69) is 32.0 Å². The van der Waals surface area contributed by atoms with Crippen molar-refractivity contribution < 1.29 is 9.53 Å². The number of carbonyl (C=O) groups excluding carboxylic acids is 1. The molecule has 5 heteroatoms. The van der Waals surface area contributed by atoms with Crippen molar-refractivity contribution in [3.05, 3.63) is 65.4 Å². The minimum absolute atomic E-state index is 0.0226. The summed E-state index contributed by atoms with van der Waals surface area (Å²) in [5.41, 5.74) is 4.23. The van der Waals surface area contributed by atoms with Crippen molar-refractivity contribution >= 4 is 5.78 Å². The van der Waals surface area contributed by atoms with Crippen LogP contribution in [0.25, 0.3) is 16.9 Å². The van der Waals surface area contributed by atoms with Crippen LogP contribution >= 0.6 is 0 Å². The molecule has 1 aromatic heterocycles. The molecule has 0 fully saturated rings. The van der Waals surface area contributed by atoms with Gasteiger partial charge in [-0.05, 0) is 41.2 Å². The lowest BCUT2D eigenvalue weighted by Crippen LogP contribution is -2.32. The highest BCUT2D eigenvalue weighted by molar-refractivity contribution is 6.04. The second-order valence-corrected chi connectivity index (χ2v) is 9.15. The highest BCUT2D eigenvalue weighted by Crippen LogP contribution is 2.48. The molecule has 1 aliphatic carbocycles. The molecule has 0 bridgehead atoms. The molecule has 0 amide bonds. The Morgan fingerprint density at radius 3 is 2.52 bits per heavy atom. The summed E-state index contributed by atoms with van der Waals surface area (Å²) in [6, 6.07) is 18.2. The highest BCUT2D eigenvalue weighted by Gasteiger charge is 2.45. The second kappa shape index (κ2) is 7.70. The molecule has 2 aromatic carbocycles. The van der Waals surface area contributed by atoms with E-state index >= 15 is 0 Å². The van der Waals surface area contributed by atoms with Gasteiger partial charge in [-0.3, -0.25) is 4.79 Å². The molecule has 0 N–H and O–H groups in total. The van der Waals surface area contributed by atoms with Crippen LogP contribution in [0.5, 0.6) is 5.75 Å². The number of nitrogens with zero attached hydrogens (tertiary/aromatic N) is 3. The molecule has 0 aliphatic heterocycles. The van der Waals surface area contributed by atoms with E-state index in [9.17, 15) is 10.1 Å². The number of hydrogen-bond acceptors (Lipinski definition) is 4. The van der Waals surface area contributed by atoms with Crippen LogP contribution in [0, 0.1) is 16.7 Å². The number of ketones is 1. The average molecular weight is 414 g/mol. The molecule has 1 heterocycles. The molecule has 158 valence electrons. The SMILES string of the molecule is COc1cccc(-c2nn(-c3ccc(C(C)C)cc3)c3c2C(=O)CC(C)(C)C3C#N)c1. The monoisotopic (exact) mass is 413 g/mol. The summed E-state index contributed by atoms with van der Waals surface area (Å²) in [5, 5.41) is 15.0. The predicted octanol–water partition coefficient (Wildman–Crippen LogP) is 5.89. The van der Waals surface area contributed by atoms with E-state index < -0.39 is 11.3 Å². The van der Waals surface area contributed by atoms with Crippen LogP contribution in [-0.4, -0.2) is 22.7 Å². The van der Waals surface area contributed by atoms with E-state index in [0.29, 0.717) is 35.0 Å². The first-order chi connectivity index (χ1) is 14.8. The molecular weight excluding hydrogens is 386 g/mol. The molecule has 0 spiro atoms. The van der Waals surface area contributed by atoms with Crippen molar-refractivity contribution in [2.45, 2.75) is 46.0 Å². The number of fused-ring (bicyclic) bond motifs is 1. The average Bonchev–Trinajstić information content (AvgIpc) is 3.14. The van der Waals surface area contributed by atoms with Crippen molar-refractivity contribution in [1.29, 1.82) is 5.26 Å². The number of rotatable bonds is 4. The molecular formula is C26H27N3O2. The van der Waals surface area contributed by atoms with Crippen LogP contribution in [0.2, 0.25) is 0 Å². The lowest BCUT2D eigenvalue weighted by atomic mass is 9.68. The van der Waals surface area contributed by atoms with Crippen LogP contribution in [0.3, 0.4) is 0 Å². The third-order valence-electron chi connectivity index (χ3n) is 6.15. The Morgan fingerprint density at radius 1 is 1.19 bits per heavy atom. The van der Waals surface area contributed by atoms with E-state index in [-0.39, 0.29) is 5.78 Å². The van der Waals surface area contributed by atoms with Crippen LogP contribution in [0.4, 0.5) is 0 Å². The van der Waals surface area contributed by atoms with Gasteiger partial charge in [-0.15, -0.1) is 0 Å². The quantitative estimate of drug-likeness (QED) is 0.535. The number of ether oxygens (including phenoxy) is 1. The first-order valence-electron chi connectivity index (χ1n) is 10.6. The number of hydrogen-bond donors (Lipinski definition) is 0. The summed E-state index contributed by atoms with van der Waals surface area (Å²) < 4.78 is 7.17. The Labute approximate surface area is 183 Å². The number of nitriles is 1. The predicted molar refractivity (Wildman–Crippen MR) is 121 cm³/mol. The van der Waals surface area contributed by atoms with E-state index in [0.717, 1.165) is 11.3 Å². The van der Waals surface area contributed by atoms with E-state index in [1.165, 1.54) is 5.56 Å². The van der Waals surface area contributed by atoms with Crippen molar-refractivity contribution in [1.82, 2.24) is 9.78 Å². The van der Waals surface area contributed by atoms with Gasteiger partial charge in [0, 0.05) is 12.0 Å². The maximum absolute atomic E-state index is 13.3. The van der Waals surface area contributed by atoms with Gasteiger partial charge >= 0.3 is 0 Å². The Bertz CT molecular complexity index is 1180. The first kappa shape index (κ1) is 20.9. The second-order valence-electron chi connectivity index (χ2n) is 9.15. The van der Waals surface area contributed by atoms with Crippen LogP contribution in [0.1, 0.15) is 67.6 Å². The lowest BCUT2D eigenvalue weighted by Gasteiger charge is -2.34. The topological polar surface area (TPSA) is 67.9 Å². The van der Waals surface area contributed by atoms with Crippen LogP contribution < -0.4 is 4.74 Å². The molecule has 4 rings (SSSR count). The number of aromatic nitrogens is 2. The van der Waals surface area contributed by atoms with Crippen molar-refractivity contribution in [2.75, 3.05) is 7.11 Å². The molecule has 0 radical (unpaired) electrons. The van der Waals surface area contributed by atoms with Gasteiger partial charge in [0.25, 0.3) is 0 Å². The van der Waals surface area contributed by atoms with Gasteiger partial charge in [-0.2, -0.15) is 10.4 Å². The summed E-state index contributed by atoms with van der Waals surface area (Å²) in [5.74, 6) is 0.689. The molecule has 1 unspecified atom stereocenters. The number of benzene rings is 2. The van der Waals surface area contributed by atoms with Gasteiger partial charge in [0.05, 0.1) is 36.0 Å². The molecule has 0 saturated heterocycles. The van der Waals surface area contributed by atoms with E-state index in [4.69, 9.17) is 9.84 Å². The Kier molecular flexibility index (Phi) is 5.18. The maximum atomic E-state index is 13.3. The van der Waals surface area contributed by atoms with Gasteiger partial charge in [0.2, 0.25) is 0 Å². The largest absolute Gasteiger partial charge is 0.497 e. The summed E-state index contributed by atoms with van der Waals surface area (Å²) in [7, 11) is 1.61. The molecule has 3 aromatic rings. The van der Waals surface area contributed by atoms with E-state index in [1.807, 2.05) is 50.2 Å². The molecule has 31 heavy (non-hydrogen) atoms. The molecule has 1 aliphatic rings. The lowest BCUT2D eigenvalue weighted by molar-refractivity contribution is 0.0900. The number of Topliss-reactive ketones (excluding diaryl/α,β-unsaturated/α-hetero) is 1. The molecule has 1 atom stereocenters. The van der Waals surface area contributed by atoms with Crippen molar-refractivity contribution in [3.63, 3.8) is 0 Å². The fourth-order valence-electron chi connectivity index (χ4n) is 4.35. The minimum Gasteiger partial charge on any atom is -0.497 e. The Morgan fingerprint density at radius 2 is 1.90 bits per heavy atom. The third-order valence-corrected chi connectivity index (χ3v) is 6.15. The zero-order valence-electron chi connectivity index (χ0n) is 18.6. The van der Waals surface area contributed by atoms with Gasteiger partial charge < -0.3 is 4.74 Å². The summed E-state index contributed by atoms with van der Waals surface area (Å²) in [6.07, 6.45) is 0.313. The smallest absolute Gasteiger partial charge is 0.167 e.